The number of primary sulfonamides is 1. The standard InChI is InChI=1S/C12H13Cl2NO5S/c13-10-6-8(21(15,17)18)5-9(11(10)14)12(16)20-7-1-3-19-4-2-7/h5-7H,1-4H2,(H2,15,17,18). The Morgan fingerprint density at radius 2 is 1.90 bits per heavy atom. The molecular formula is C12H13Cl2NO5S. The van der Waals surface area contributed by atoms with Crippen LogP contribution in [0.2, 0.25) is 10.0 Å². The van der Waals surface area contributed by atoms with Gasteiger partial charge in [0.05, 0.1) is 33.7 Å². The minimum Gasteiger partial charge on any atom is -0.459 e. The van der Waals surface area contributed by atoms with Gasteiger partial charge < -0.3 is 9.47 Å². The molecule has 21 heavy (non-hydrogen) atoms. The molecule has 1 aromatic carbocycles. The fraction of sp³-hybridized carbons (Fsp3) is 0.417. The van der Waals surface area contributed by atoms with Gasteiger partial charge in [-0.25, -0.2) is 18.4 Å². The molecule has 0 aromatic heterocycles. The first-order valence-corrected chi connectivity index (χ1v) is 8.40. The second kappa shape index (κ2) is 6.50. The van der Waals surface area contributed by atoms with Crippen molar-refractivity contribution in [3.63, 3.8) is 0 Å². The van der Waals surface area contributed by atoms with Crippen LogP contribution in [0.25, 0.3) is 0 Å². The predicted octanol–water partition coefficient (Wildman–Crippen LogP) is 1.98. The van der Waals surface area contributed by atoms with E-state index in [4.69, 9.17) is 37.8 Å². The molecule has 0 atom stereocenters. The summed E-state index contributed by atoms with van der Waals surface area (Å²) in [5, 5.41) is 4.88. The molecule has 2 N–H and O–H groups in total. The van der Waals surface area contributed by atoms with Gasteiger partial charge in [0.25, 0.3) is 0 Å². The van der Waals surface area contributed by atoms with Gasteiger partial charge in [0, 0.05) is 12.8 Å². The Morgan fingerprint density at radius 1 is 1.29 bits per heavy atom. The largest absolute Gasteiger partial charge is 0.459 e. The summed E-state index contributed by atoms with van der Waals surface area (Å²) in [6.45, 7) is 1.01. The van der Waals surface area contributed by atoms with E-state index in [1.54, 1.807) is 0 Å². The Bertz CT molecular complexity index is 656. The van der Waals surface area contributed by atoms with Gasteiger partial charge in [-0.15, -0.1) is 0 Å². The number of ether oxygens (including phenoxy) is 2. The van der Waals surface area contributed by atoms with E-state index >= 15 is 0 Å². The van der Waals surface area contributed by atoms with Gasteiger partial charge in [-0.1, -0.05) is 23.2 Å². The van der Waals surface area contributed by atoms with E-state index in [-0.39, 0.29) is 26.6 Å². The molecule has 1 saturated heterocycles. The summed E-state index contributed by atoms with van der Waals surface area (Å²) in [5.41, 5.74) is -0.125. The molecule has 9 heteroatoms. The normalized spacial score (nSPS) is 16.7. The van der Waals surface area contributed by atoms with Crippen molar-refractivity contribution >= 4 is 39.2 Å². The van der Waals surface area contributed by atoms with E-state index in [0.29, 0.717) is 26.1 Å². The van der Waals surface area contributed by atoms with Crippen LogP contribution >= 0.6 is 23.2 Å². The number of rotatable bonds is 3. The SMILES string of the molecule is NS(=O)(=O)c1cc(Cl)c(Cl)c(C(=O)OC2CCOCC2)c1. The van der Waals surface area contributed by atoms with Crippen molar-refractivity contribution in [1.82, 2.24) is 0 Å². The number of benzene rings is 1. The highest BCUT2D eigenvalue weighted by Gasteiger charge is 2.24. The lowest BCUT2D eigenvalue weighted by Crippen LogP contribution is -2.26. The van der Waals surface area contributed by atoms with Crippen LogP contribution < -0.4 is 5.14 Å². The number of esters is 1. The summed E-state index contributed by atoms with van der Waals surface area (Å²) in [6, 6.07) is 2.15. The summed E-state index contributed by atoms with van der Waals surface area (Å²) < 4.78 is 33.2. The molecule has 6 nitrogen and oxygen atoms in total. The Morgan fingerprint density at radius 3 is 2.48 bits per heavy atom. The van der Waals surface area contributed by atoms with Crippen LogP contribution in [-0.2, 0) is 19.5 Å². The van der Waals surface area contributed by atoms with Crippen molar-refractivity contribution in [2.24, 2.45) is 5.14 Å². The van der Waals surface area contributed by atoms with Crippen molar-refractivity contribution in [2.45, 2.75) is 23.8 Å². The van der Waals surface area contributed by atoms with Crippen molar-refractivity contribution < 1.29 is 22.7 Å². The number of sulfonamides is 1. The first-order valence-electron chi connectivity index (χ1n) is 6.09. The number of hydrogen-bond acceptors (Lipinski definition) is 5. The molecule has 0 saturated carbocycles. The molecule has 1 aromatic rings. The van der Waals surface area contributed by atoms with Crippen molar-refractivity contribution in [3.8, 4) is 0 Å². The second-order valence-corrected chi connectivity index (χ2v) is 6.88. The van der Waals surface area contributed by atoms with Gasteiger partial charge in [0.2, 0.25) is 10.0 Å². The van der Waals surface area contributed by atoms with E-state index in [0.717, 1.165) is 12.1 Å². The first kappa shape index (κ1) is 16.5. The van der Waals surface area contributed by atoms with Gasteiger partial charge in [0.1, 0.15) is 6.10 Å². The van der Waals surface area contributed by atoms with Gasteiger partial charge in [-0.3, -0.25) is 0 Å². The van der Waals surface area contributed by atoms with Crippen LogP contribution in [0.1, 0.15) is 23.2 Å². The molecule has 1 aliphatic heterocycles. The lowest BCUT2D eigenvalue weighted by Gasteiger charge is -2.22. The van der Waals surface area contributed by atoms with Crippen LogP contribution in [0.5, 0.6) is 0 Å². The van der Waals surface area contributed by atoms with Crippen LogP contribution in [0, 0.1) is 0 Å². The summed E-state index contributed by atoms with van der Waals surface area (Å²) in [7, 11) is -4.00. The number of carbonyl (C=O) groups is 1. The van der Waals surface area contributed by atoms with Crippen molar-refractivity contribution in [2.75, 3.05) is 13.2 Å². The Kier molecular flexibility index (Phi) is 5.11. The summed E-state index contributed by atoms with van der Waals surface area (Å²) >= 11 is 11.8. The molecule has 1 fully saturated rings. The first-order chi connectivity index (χ1) is 9.79. The Hall–Kier alpha value is -0.860. The van der Waals surface area contributed by atoms with Gasteiger partial charge in [-0.05, 0) is 12.1 Å². The third-order valence-corrected chi connectivity index (χ3v) is 4.69. The van der Waals surface area contributed by atoms with Crippen LogP contribution in [0.15, 0.2) is 17.0 Å². The maximum Gasteiger partial charge on any atom is 0.340 e. The lowest BCUT2D eigenvalue weighted by molar-refractivity contribution is -0.0159. The second-order valence-electron chi connectivity index (χ2n) is 4.53. The van der Waals surface area contributed by atoms with E-state index < -0.39 is 16.0 Å². The van der Waals surface area contributed by atoms with Crippen LogP contribution in [0.3, 0.4) is 0 Å². The monoisotopic (exact) mass is 353 g/mol. The maximum absolute atomic E-state index is 12.1. The summed E-state index contributed by atoms with van der Waals surface area (Å²) in [4.78, 5) is 11.8. The van der Waals surface area contributed by atoms with Crippen LogP contribution in [0.4, 0.5) is 0 Å². The molecular weight excluding hydrogens is 341 g/mol. The molecule has 1 aliphatic rings. The van der Waals surface area contributed by atoms with Crippen LogP contribution in [-0.4, -0.2) is 33.7 Å². The molecule has 0 bridgehead atoms. The predicted molar refractivity (Wildman–Crippen MR) is 77.1 cm³/mol. The minimum atomic E-state index is -4.00. The Balaban J connectivity index is 2.29. The quantitative estimate of drug-likeness (QED) is 0.838. The highest BCUT2D eigenvalue weighted by atomic mass is 35.5. The highest BCUT2D eigenvalue weighted by Crippen LogP contribution is 2.30. The average molecular weight is 354 g/mol. The number of hydrogen-bond donors (Lipinski definition) is 1. The number of halogens is 2. The van der Waals surface area contributed by atoms with Crippen molar-refractivity contribution in [1.29, 1.82) is 0 Å². The third kappa shape index (κ3) is 4.08. The van der Waals surface area contributed by atoms with Gasteiger partial charge in [-0.2, -0.15) is 0 Å². The minimum absolute atomic E-state index is 0.0684. The number of nitrogens with two attached hydrogens (primary N) is 1. The van der Waals surface area contributed by atoms with Gasteiger partial charge in [0.15, 0.2) is 0 Å². The summed E-state index contributed by atoms with van der Waals surface area (Å²) in [6.07, 6.45) is 0.858. The fourth-order valence-corrected chi connectivity index (χ4v) is 2.92. The molecule has 0 amide bonds. The fourth-order valence-electron chi connectivity index (χ4n) is 1.89. The smallest absolute Gasteiger partial charge is 0.340 e. The third-order valence-electron chi connectivity index (χ3n) is 2.99. The Labute approximate surface area is 132 Å². The summed E-state index contributed by atoms with van der Waals surface area (Å²) in [5.74, 6) is -0.737. The lowest BCUT2D eigenvalue weighted by atomic mass is 10.1. The zero-order valence-electron chi connectivity index (χ0n) is 10.8. The molecule has 1 heterocycles. The molecule has 0 spiro atoms. The van der Waals surface area contributed by atoms with Crippen molar-refractivity contribution in [3.05, 3.63) is 27.7 Å². The molecule has 0 unspecified atom stereocenters. The molecule has 0 radical (unpaired) electrons. The van der Waals surface area contributed by atoms with E-state index in [2.05, 4.69) is 0 Å². The maximum atomic E-state index is 12.1. The average Bonchev–Trinajstić information content (AvgIpc) is 2.41. The van der Waals surface area contributed by atoms with E-state index in [1.807, 2.05) is 0 Å². The van der Waals surface area contributed by atoms with E-state index in [9.17, 15) is 13.2 Å². The highest BCUT2D eigenvalue weighted by molar-refractivity contribution is 7.89. The topological polar surface area (TPSA) is 95.7 Å². The van der Waals surface area contributed by atoms with E-state index in [1.165, 1.54) is 0 Å². The molecule has 116 valence electrons. The zero-order valence-corrected chi connectivity index (χ0v) is 13.2. The number of carbonyl (C=O) groups excluding carboxylic acids is 1. The molecule has 0 aliphatic carbocycles. The molecule has 2 rings (SSSR count). The zero-order chi connectivity index (χ0) is 15.6. The van der Waals surface area contributed by atoms with Gasteiger partial charge >= 0.3 is 5.97 Å².